The minimum absolute atomic E-state index is 0.269. The van der Waals surface area contributed by atoms with E-state index in [-0.39, 0.29) is 5.82 Å². The number of hydrogen-bond donors (Lipinski definition) is 0. The summed E-state index contributed by atoms with van der Waals surface area (Å²) in [6.07, 6.45) is 2.08. The van der Waals surface area contributed by atoms with Gasteiger partial charge in [0.1, 0.15) is 23.0 Å². The number of benzene rings is 3. The number of rotatable bonds is 4. The molecule has 0 spiro atoms. The summed E-state index contributed by atoms with van der Waals surface area (Å²) in [5, 5.41) is 9.98. The lowest BCUT2D eigenvalue weighted by atomic mass is 10.0. The van der Waals surface area contributed by atoms with Crippen molar-refractivity contribution in [2.24, 2.45) is 0 Å². The molecule has 5 heteroatoms. The number of nitrogens with zero attached hydrogens (tertiary/aromatic N) is 3. The predicted molar refractivity (Wildman–Crippen MR) is 116 cm³/mol. The fourth-order valence-corrected chi connectivity index (χ4v) is 3.93. The first-order valence-electron chi connectivity index (χ1n) is 9.78. The zero-order chi connectivity index (χ0) is 20.7. The normalized spacial score (nSPS) is 11.3. The van der Waals surface area contributed by atoms with Gasteiger partial charge in [0, 0.05) is 28.3 Å². The molecule has 148 valence electrons. The van der Waals surface area contributed by atoms with Crippen molar-refractivity contribution in [1.29, 1.82) is 0 Å². The summed E-state index contributed by atoms with van der Waals surface area (Å²) in [5.74, 6) is 0.581. The molecule has 0 amide bonds. The summed E-state index contributed by atoms with van der Waals surface area (Å²) in [7, 11) is 1.69. The van der Waals surface area contributed by atoms with Crippen LogP contribution in [-0.2, 0) is 6.54 Å². The molecule has 3 aromatic rings. The summed E-state index contributed by atoms with van der Waals surface area (Å²) in [5.41, 5.74) is 6.70. The average molecular weight is 397 g/mol. The minimum Gasteiger partial charge on any atom is -0.496 e. The molecule has 2 heterocycles. The van der Waals surface area contributed by atoms with E-state index in [0.29, 0.717) is 6.54 Å². The van der Waals surface area contributed by atoms with Gasteiger partial charge in [0.15, 0.2) is 0 Å². The topological polar surface area (TPSA) is 39.9 Å². The monoisotopic (exact) mass is 397 g/mol. The molecular weight excluding hydrogens is 377 g/mol. The highest BCUT2D eigenvalue weighted by molar-refractivity contribution is 5.98. The van der Waals surface area contributed by atoms with Crippen LogP contribution in [0.3, 0.4) is 0 Å². The van der Waals surface area contributed by atoms with Gasteiger partial charge < -0.3 is 9.30 Å². The molecule has 0 aromatic heterocycles. The number of fused-ring (bicyclic) bond motifs is 3. The average Bonchev–Trinajstić information content (AvgIpc) is 3.18. The van der Waals surface area contributed by atoms with Gasteiger partial charge in [-0.1, -0.05) is 29.8 Å². The van der Waals surface area contributed by atoms with Crippen molar-refractivity contribution >= 4 is 10.9 Å². The number of pyridine rings is 1. The maximum atomic E-state index is 13.4. The molecule has 2 aliphatic heterocycles. The van der Waals surface area contributed by atoms with E-state index >= 15 is 0 Å². The van der Waals surface area contributed by atoms with Crippen LogP contribution in [0.1, 0.15) is 11.1 Å². The van der Waals surface area contributed by atoms with Crippen LogP contribution in [0, 0.1) is 12.7 Å². The molecule has 2 aliphatic rings. The van der Waals surface area contributed by atoms with Crippen LogP contribution in [0.25, 0.3) is 33.4 Å². The van der Waals surface area contributed by atoms with E-state index in [9.17, 15) is 4.39 Å². The Hall–Kier alpha value is -3.73. The van der Waals surface area contributed by atoms with E-state index in [1.165, 1.54) is 12.1 Å². The van der Waals surface area contributed by atoms with E-state index in [0.717, 1.165) is 50.3 Å². The van der Waals surface area contributed by atoms with Crippen molar-refractivity contribution < 1.29 is 9.13 Å². The van der Waals surface area contributed by atoms with Crippen molar-refractivity contribution in [3.63, 3.8) is 0 Å². The van der Waals surface area contributed by atoms with Crippen LogP contribution >= 0.6 is 0 Å². The SMILES string of the molecule is COc1ccccc1Cn1cc2c(-c3ccc(F)cc3)nnc-2c2cc(C)ccc21. The highest BCUT2D eigenvalue weighted by Gasteiger charge is 2.20. The fraction of sp³-hybridized carbons (Fsp3) is 0.120. The molecule has 0 aliphatic carbocycles. The highest BCUT2D eigenvalue weighted by Crippen LogP contribution is 2.37. The predicted octanol–water partition coefficient (Wildman–Crippen LogP) is 5.71. The second-order valence-corrected chi connectivity index (χ2v) is 7.41. The maximum Gasteiger partial charge on any atom is 0.123 e. The third-order valence-corrected chi connectivity index (χ3v) is 5.41. The standard InChI is InChI=1S/C25H20FN3O/c1-16-7-12-22-20(13-16)25-21(24(27-28-25)17-8-10-19(26)11-9-17)15-29(22)14-18-5-3-4-6-23(18)30-2/h3-13,15H,14H2,1-2H3. The first-order chi connectivity index (χ1) is 14.6. The van der Waals surface area contributed by atoms with E-state index in [2.05, 4.69) is 52.2 Å². The van der Waals surface area contributed by atoms with Crippen molar-refractivity contribution in [3.05, 3.63) is 89.9 Å². The number of aryl methyl sites for hydroxylation is 1. The molecule has 0 N–H and O–H groups in total. The van der Waals surface area contributed by atoms with Gasteiger partial charge in [-0.15, -0.1) is 10.2 Å². The molecule has 0 saturated heterocycles. The van der Waals surface area contributed by atoms with E-state index in [4.69, 9.17) is 4.74 Å². The van der Waals surface area contributed by atoms with Gasteiger partial charge in [0.25, 0.3) is 0 Å². The van der Waals surface area contributed by atoms with E-state index < -0.39 is 0 Å². The molecular formula is C25H20FN3O. The van der Waals surface area contributed by atoms with Crippen LogP contribution < -0.4 is 4.74 Å². The Labute approximate surface area is 173 Å². The summed E-state index contributed by atoms with van der Waals surface area (Å²) < 4.78 is 21.2. The Bertz CT molecular complexity index is 1320. The first-order valence-corrected chi connectivity index (χ1v) is 9.78. The lowest BCUT2D eigenvalue weighted by Gasteiger charge is -2.17. The molecule has 3 aromatic carbocycles. The molecule has 0 saturated carbocycles. The number of hydrogen-bond acceptors (Lipinski definition) is 3. The van der Waals surface area contributed by atoms with Crippen molar-refractivity contribution in [3.8, 4) is 28.3 Å². The van der Waals surface area contributed by atoms with Gasteiger partial charge >= 0.3 is 0 Å². The Balaban J connectivity index is 1.74. The Morgan fingerprint density at radius 2 is 1.70 bits per heavy atom. The van der Waals surface area contributed by atoms with Crippen LogP contribution in [0.15, 0.2) is 72.9 Å². The number of methoxy groups -OCH3 is 1. The summed E-state index contributed by atoms with van der Waals surface area (Å²) in [6.45, 7) is 2.72. The second-order valence-electron chi connectivity index (χ2n) is 7.41. The Morgan fingerprint density at radius 3 is 2.50 bits per heavy atom. The Morgan fingerprint density at radius 1 is 0.933 bits per heavy atom. The number of para-hydroxylation sites is 1. The molecule has 4 nitrogen and oxygen atoms in total. The minimum atomic E-state index is -0.269. The third-order valence-electron chi connectivity index (χ3n) is 5.41. The van der Waals surface area contributed by atoms with Gasteiger partial charge in [-0.2, -0.15) is 0 Å². The number of aromatic nitrogens is 3. The summed E-state index contributed by atoms with van der Waals surface area (Å²) in [4.78, 5) is 0. The van der Waals surface area contributed by atoms with Gasteiger partial charge in [-0.3, -0.25) is 0 Å². The zero-order valence-corrected chi connectivity index (χ0v) is 16.8. The van der Waals surface area contributed by atoms with E-state index in [1.807, 2.05) is 18.2 Å². The fourth-order valence-electron chi connectivity index (χ4n) is 3.93. The molecule has 5 rings (SSSR count). The lowest BCUT2D eigenvalue weighted by Crippen LogP contribution is -2.05. The van der Waals surface area contributed by atoms with E-state index in [1.54, 1.807) is 19.2 Å². The molecule has 30 heavy (non-hydrogen) atoms. The number of ether oxygens (including phenoxy) is 1. The zero-order valence-electron chi connectivity index (χ0n) is 16.8. The second kappa shape index (κ2) is 7.26. The number of halogens is 1. The third kappa shape index (κ3) is 3.08. The van der Waals surface area contributed by atoms with Crippen LogP contribution in [0.2, 0.25) is 0 Å². The first kappa shape index (κ1) is 18.3. The highest BCUT2D eigenvalue weighted by atomic mass is 19.1. The van der Waals surface area contributed by atoms with Gasteiger partial charge in [-0.25, -0.2) is 4.39 Å². The smallest absolute Gasteiger partial charge is 0.123 e. The summed E-state index contributed by atoms with van der Waals surface area (Å²) in [6, 6.07) is 20.7. The van der Waals surface area contributed by atoms with Crippen molar-refractivity contribution in [1.82, 2.24) is 14.8 Å². The van der Waals surface area contributed by atoms with Crippen molar-refractivity contribution in [2.45, 2.75) is 13.5 Å². The largest absolute Gasteiger partial charge is 0.496 e. The van der Waals surface area contributed by atoms with Crippen molar-refractivity contribution in [2.75, 3.05) is 7.11 Å². The van der Waals surface area contributed by atoms with Crippen LogP contribution in [0.4, 0.5) is 4.39 Å². The van der Waals surface area contributed by atoms with Crippen LogP contribution in [0.5, 0.6) is 5.75 Å². The molecule has 0 fully saturated rings. The maximum absolute atomic E-state index is 13.4. The summed E-state index contributed by atoms with van der Waals surface area (Å²) >= 11 is 0. The quantitative estimate of drug-likeness (QED) is 0.390. The molecule has 0 radical (unpaired) electrons. The lowest BCUT2D eigenvalue weighted by molar-refractivity contribution is 0.408. The molecule has 0 unspecified atom stereocenters. The Kier molecular flexibility index (Phi) is 4.43. The molecule has 0 atom stereocenters. The van der Waals surface area contributed by atoms with Gasteiger partial charge in [0.05, 0.1) is 19.2 Å². The van der Waals surface area contributed by atoms with Crippen LogP contribution in [-0.4, -0.2) is 21.9 Å². The molecule has 0 bridgehead atoms. The van der Waals surface area contributed by atoms with Gasteiger partial charge in [0.2, 0.25) is 0 Å². The van der Waals surface area contributed by atoms with Gasteiger partial charge in [-0.05, 0) is 49.4 Å².